The standard InChI is InChI=1S/C14H16N2O4/c1-3-11(14(18)16-15)19-9-4-5-10-8(2)6-13(17)20-12(10)7-9/h4-7,11H,3,15H2,1-2H3,(H,16,18). The Morgan fingerprint density at radius 2 is 2.20 bits per heavy atom. The molecule has 0 radical (unpaired) electrons. The Hall–Kier alpha value is -2.34. The minimum absolute atomic E-state index is 0.404. The van der Waals surface area contributed by atoms with Crippen LogP contribution < -0.4 is 21.6 Å². The van der Waals surface area contributed by atoms with E-state index >= 15 is 0 Å². The summed E-state index contributed by atoms with van der Waals surface area (Å²) in [6.45, 7) is 3.64. The molecule has 6 heteroatoms. The van der Waals surface area contributed by atoms with Crippen molar-refractivity contribution in [2.24, 2.45) is 5.84 Å². The number of rotatable bonds is 4. The van der Waals surface area contributed by atoms with Gasteiger partial charge < -0.3 is 9.15 Å². The summed E-state index contributed by atoms with van der Waals surface area (Å²) in [4.78, 5) is 22.8. The zero-order chi connectivity index (χ0) is 14.7. The molecule has 0 aliphatic carbocycles. The number of nitrogens with one attached hydrogen (secondary N) is 1. The Morgan fingerprint density at radius 1 is 1.45 bits per heavy atom. The Bertz CT molecular complexity index is 693. The number of ether oxygens (including phenoxy) is 1. The number of hydrogen-bond acceptors (Lipinski definition) is 5. The lowest BCUT2D eigenvalue weighted by Crippen LogP contribution is -2.41. The number of nitrogens with two attached hydrogens (primary N) is 1. The van der Waals surface area contributed by atoms with Gasteiger partial charge in [0.15, 0.2) is 6.10 Å². The summed E-state index contributed by atoms with van der Waals surface area (Å²) >= 11 is 0. The van der Waals surface area contributed by atoms with Crippen molar-refractivity contribution in [3.05, 3.63) is 40.2 Å². The van der Waals surface area contributed by atoms with Crippen LogP contribution in [0.3, 0.4) is 0 Å². The summed E-state index contributed by atoms with van der Waals surface area (Å²) < 4.78 is 10.7. The van der Waals surface area contributed by atoms with Gasteiger partial charge in [-0.1, -0.05) is 6.92 Å². The number of benzene rings is 1. The maximum atomic E-state index is 11.5. The molecular weight excluding hydrogens is 260 g/mol. The molecule has 1 aromatic carbocycles. The van der Waals surface area contributed by atoms with Crippen LogP contribution in [0.25, 0.3) is 11.0 Å². The van der Waals surface area contributed by atoms with Crippen LogP contribution >= 0.6 is 0 Å². The summed E-state index contributed by atoms with van der Waals surface area (Å²) in [6, 6.07) is 6.54. The molecule has 0 spiro atoms. The number of hydrogen-bond donors (Lipinski definition) is 2. The molecule has 106 valence electrons. The first-order valence-electron chi connectivity index (χ1n) is 6.26. The van der Waals surface area contributed by atoms with E-state index in [0.717, 1.165) is 10.9 Å². The molecule has 0 fully saturated rings. The van der Waals surface area contributed by atoms with Crippen LogP contribution in [-0.2, 0) is 4.79 Å². The minimum Gasteiger partial charge on any atom is -0.480 e. The van der Waals surface area contributed by atoms with Crippen molar-refractivity contribution in [3.8, 4) is 5.75 Å². The molecule has 0 bridgehead atoms. The van der Waals surface area contributed by atoms with Crippen molar-refractivity contribution in [1.29, 1.82) is 0 Å². The first-order chi connectivity index (χ1) is 9.55. The molecule has 0 aliphatic heterocycles. The molecule has 3 N–H and O–H groups in total. The third kappa shape index (κ3) is 2.80. The van der Waals surface area contributed by atoms with Crippen molar-refractivity contribution >= 4 is 16.9 Å². The van der Waals surface area contributed by atoms with Gasteiger partial charge in [0.1, 0.15) is 11.3 Å². The van der Waals surface area contributed by atoms with E-state index in [0.29, 0.717) is 17.8 Å². The third-order valence-corrected chi connectivity index (χ3v) is 3.01. The van der Waals surface area contributed by atoms with Crippen LogP contribution in [0.15, 0.2) is 33.5 Å². The van der Waals surface area contributed by atoms with E-state index < -0.39 is 17.6 Å². The summed E-state index contributed by atoms with van der Waals surface area (Å²) in [7, 11) is 0. The van der Waals surface area contributed by atoms with E-state index in [2.05, 4.69) is 5.43 Å². The predicted molar refractivity (Wildman–Crippen MR) is 74.3 cm³/mol. The lowest BCUT2D eigenvalue weighted by molar-refractivity contribution is -0.128. The Balaban J connectivity index is 2.36. The van der Waals surface area contributed by atoms with Crippen LogP contribution in [0.4, 0.5) is 0 Å². The third-order valence-electron chi connectivity index (χ3n) is 3.01. The maximum Gasteiger partial charge on any atom is 0.336 e. The average Bonchev–Trinajstić information content (AvgIpc) is 2.43. The second-order valence-electron chi connectivity index (χ2n) is 4.43. The fraction of sp³-hybridized carbons (Fsp3) is 0.286. The zero-order valence-electron chi connectivity index (χ0n) is 11.3. The molecule has 20 heavy (non-hydrogen) atoms. The minimum atomic E-state index is -0.686. The van der Waals surface area contributed by atoms with Gasteiger partial charge >= 0.3 is 5.63 Å². The lowest BCUT2D eigenvalue weighted by Gasteiger charge is -2.15. The maximum absolute atomic E-state index is 11.5. The van der Waals surface area contributed by atoms with E-state index in [1.807, 2.05) is 13.8 Å². The largest absolute Gasteiger partial charge is 0.480 e. The van der Waals surface area contributed by atoms with Gasteiger partial charge in [0.05, 0.1) is 0 Å². The monoisotopic (exact) mass is 276 g/mol. The van der Waals surface area contributed by atoms with Crippen LogP contribution in [0.2, 0.25) is 0 Å². The summed E-state index contributed by atoms with van der Waals surface area (Å²) in [5.41, 5.74) is 2.89. The van der Waals surface area contributed by atoms with E-state index in [9.17, 15) is 9.59 Å². The number of amides is 1. The molecule has 1 unspecified atom stereocenters. The van der Waals surface area contributed by atoms with Crippen molar-refractivity contribution < 1.29 is 13.9 Å². The van der Waals surface area contributed by atoms with Crippen LogP contribution in [0, 0.1) is 6.92 Å². The first kappa shape index (κ1) is 14.1. The second-order valence-corrected chi connectivity index (χ2v) is 4.43. The normalized spacial score (nSPS) is 12.2. The highest BCUT2D eigenvalue weighted by molar-refractivity contribution is 5.82. The van der Waals surface area contributed by atoms with Gasteiger partial charge in [-0.3, -0.25) is 10.2 Å². The number of hydrazine groups is 1. The van der Waals surface area contributed by atoms with Crippen LogP contribution in [0.1, 0.15) is 18.9 Å². The Morgan fingerprint density at radius 3 is 2.85 bits per heavy atom. The Kier molecular flexibility index (Phi) is 4.05. The quantitative estimate of drug-likeness (QED) is 0.379. The molecule has 1 amide bonds. The SMILES string of the molecule is CCC(Oc1ccc2c(C)cc(=O)oc2c1)C(=O)NN. The fourth-order valence-corrected chi connectivity index (χ4v) is 1.96. The number of carbonyl (C=O) groups is 1. The highest BCUT2D eigenvalue weighted by Crippen LogP contribution is 2.23. The molecule has 6 nitrogen and oxygen atoms in total. The van der Waals surface area contributed by atoms with E-state index in [1.165, 1.54) is 6.07 Å². The topological polar surface area (TPSA) is 94.6 Å². The van der Waals surface area contributed by atoms with Gasteiger partial charge in [0.25, 0.3) is 5.91 Å². The first-order valence-corrected chi connectivity index (χ1v) is 6.26. The van der Waals surface area contributed by atoms with Crippen molar-refractivity contribution in [1.82, 2.24) is 5.43 Å². The fourth-order valence-electron chi connectivity index (χ4n) is 1.96. The Labute approximate surface area is 115 Å². The van der Waals surface area contributed by atoms with Gasteiger partial charge in [-0.25, -0.2) is 10.6 Å². The van der Waals surface area contributed by atoms with Crippen molar-refractivity contribution in [2.45, 2.75) is 26.4 Å². The second kappa shape index (κ2) is 5.75. The average molecular weight is 276 g/mol. The lowest BCUT2D eigenvalue weighted by atomic mass is 10.1. The number of carbonyl (C=O) groups excluding carboxylic acids is 1. The number of aryl methyl sites for hydroxylation is 1. The zero-order valence-corrected chi connectivity index (χ0v) is 11.3. The molecule has 0 aliphatic rings. The molecule has 1 aromatic heterocycles. The molecule has 1 heterocycles. The highest BCUT2D eigenvalue weighted by Gasteiger charge is 2.17. The van der Waals surface area contributed by atoms with E-state index in [4.69, 9.17) is 15.0 Å². The van der Waals surface area contributed by atoms with E-state index in [1.54, 1.807) is 18.2 Å². The van der Waals surface area contributed by atoms with Crippen LogP contribution in [-0.4, -0.2) is 12.0 Å². The highest BCUT2D eigenvalue weighted by atomic mass is 16.5. The predicted octanol–water partition coefficient (Wildman–Crippen LogP) is 1.25. The summed E-state index contributed by atoms with van der Waals surface area (Å²) in [5.74, 6) is 5.13. The van der Waals surface area contributed by atoms with Crippen molar-refractivity contribution in [3.63, 3.8) is 0 Å². The molecular formula is C14H16N2O4. The van der Waals surface area contributed by atoms with Gasteiger partial charge in [0, 0.05) is 17.5 Å². The van der Waals surface area contributed by atoms with Gasteiger partial charge in [-0.15, -0.1) is 0 Å². The smallest absolute Gasteiger partial charge is 0.336 e. The summed E-state index contributed by atoms with van der Waals surface area (Å²) in [6.07, 6.45) is -0.215. The molecule has 0 saturated heterocycles. The number of fused-ring (bicyclic) bond motifs is 1. The molecule has 2 rings (SSSR count). The summed E-state index contributed by atoms with van der Waals surface area (Å²) in [5, 5.41) is 0.827. The molecule has 0 saturated carbocycles. The van der Waals surface area contributed by atoms with Gasteiger partial charge in [-0.05, 0) is 31.0 Å². The van der Waals surface area contributed by atoms with Gasteiger partial charge in [0.2, 0.25) is 0 Å². The van der Waals surface area contributed by atoms with Crippen LogP contribution in [0.5, 0.6) is 5.75 Å². The van der Waals surface area contributed by atoms with Crippen molar-refractivity contribution in [2.75, 3.05) is 0 Å². The van der Waals surface area contributed by atoms with E-state index in [-0.39, 0.29) is 0 Å². The molecule has 2 aromatic rings. The van der Waals surface area contributed by atoms with Gasteiger partial charge in [-0.2, -0.15) is 0 Å². The molecule has 1 atom stereocenters.